The van der Waals surface area contributed by atoms with Crippen LogP contribution in [0.4, 0.5) is 0 Å². The van der Waals surface area contributed by atoms with Crippen molar-refractivity contribution in [2.75, 3.05) is 6.54 Å². The molecule has 1 aromatic rings. The number of amides is 1. The summed E-state index contributed by atoms with van der Waals surface area (Å²) in [6, 6.07) is 4.18. The molecule has 1 aliphatic rings. The quantitative estimate of drug-likeness (QED) is 0.874. The summed E-state index contributed by atoms with van der Waals surface area (Å²) in [5.41, 5.74) is 5.90. The molecule has 1 aliphatic carbocycles. The molecule has 0 radical (unpaired) electrons. The average molecular weight is 354 g/mol. The third-order valence-corrected chi connectivity index (χ3v) is 4.89. The maximum Gasteiger partial charge on any atom is 0.224 e. The first kappa shape index (κ1) is 16.0. The van der Waals surface area contributed by atoms with E-state index in [-0.39, 0.29) is 30.3 Å². The molecule has 0 aliphatic heterocycles. The van der Waals surface area contributed by atoms with E-state index < -0.39 is 0 Å². The predicted molar refractivity (Wildman–Crippen MR) is 81.3 cm³/mol. The van der Waals surface area contributed by atoms with Crippen LogP contribution in [0.15, 0.2) is 15.9 Å². The number of carbonyl (C=O) groups is 1. The van der Waals surface area contributed by atoms with Gasteiger partial charge in [0, 0.05) is 17.5 Å². The first-order chi connectivity index (χ1) is 8.16. The Bertz CT molecular complexity index is 399. The number of halogens is 2. The molecule has 1 saturated carbocycles. The van der Waals surface area contributed by atoms with E-state index in [2.05, 4.69) is 27.3 Å². The molecule has 3 nitrogen and oxygen atoms in total. The molecule has 18 heavy (non-hydrogen) atoms. The topological polar surface area (TPSA) is 55.1 Å². The second-order valence-corrected chi connectivity index (χ2v) is 7.00. The molecule has 3 N–H and O–H groups in total. The third-order valence-electron chi connectivity index (χ3n) is 3.21. The van der Waals surface area contributed by atoms with Gasteiger partial charge in [-0.3, -0.25) is 4.79 Å². The molecule has 0 saturated heterocycles. The maximum absolute atomic E-state index is 11.9. The van der Waals surface area contributed by atoms with E-state index in [1.807, 2.05) is 6.07 Å². The lowest BCUT2D eigenvalue weighted by Gasteiger charge is -2.14. The Labute approximate surface area is 126 Å². The van der Waals surface area contributed by atoms with Gasteiger partial charge in [-0.25, -0.2) is 0 Å². The summed E-state index contributed by atoms with van der Waals surface area (Å²) >= 11 is 5.14. The van der Waals surface area contributed by atoms with Crippen molar-refractivity contribution >= 4 is 45.6 Å². The van der Waals surface area contributed by atoms with Crippen molar-refractivity contribution in [2.24, 2.45) is 11.7 Å². The number of hydrogen-bond acceptors (Lipinski definition) is 3. The molecule has 0 spiro atoms. The van der Waals surface area contributed by atoms with E-state index in [1.165, 1.54) is 4.88 Å². The van der Waals surface area contributed by atoms with Gasteiger partial charge < -0.3 is 11.1 Å². The van der Waals surface area contributed by atoms with E-state index in [9.17, 15) is 4.79 Å². The highest BCUT2D eigenvalue weighted by Crippen LogP contribution is 2.24. The van der Waals surface area contributed by atoms with Gasteiger partial charge in [0.1, 0.15) is 0 Å². The van der Waals surface area contributed by atoms with Crippen molar-refractivity contribution in [1.82, 2.24) is 5.32 Å². The average Bonchev–Trinajstić information content (AvgIpc) is 2.87. The Balaban J connectivity index is 0.00000162. The summed E-state index contributed by atoms with van der Waals surface area (Å²) in [7, 11) is 0. The summed E-state index contributed by atoms with van der Waals surface area (Å²) in [6.07, 6.45) is 3.90. The van der Waals surface area contributed by atoms with Gasteiger partial charge in [0.05, 0.1) is 9.70 Å². The van der Waals surface area contributed by atoms with Crippen LogP contribution in [0.3, 0.4) is 0 Å². The first-order valence-electron chi connectivity index (χ1n) is 5.94. The van der Waals surface area contributed by atoms with E-state index in [4.69, 9.17) is 5.73 Å². The molecule has 1 heterocycles. The molecule has 1 aromatic heterocycles. The van der Waals surface area contributed by atoms with Gasteiger partial charge in [0.25, 0.3) is 0 Å². The summed E-state index contributed by atoms with van der Waals surface area (Å²) in [6.45, 7) is 0.703. The molecular formula is C12H18BrClN2OS. The van der Waals surface area contributed by atoms with Crippen LogP contribution in [-0.2, 0) is 11.2 Å². The van der Waals surface area contributed by atoms with Crippen molar-refractivity contribution in [2.45, 2.75) is 31.7 Å². The van der Waals surface area contributed by atoms with Gasteiger partial charge in [0.2, 0.25) is 5.91 Å². The van der Waals surface area contributed by atoms with Crippen LogP contribution < -0.4 is 11.1 Å². The van der Waals surface area contributed by atoms with Crippen LogP contribution in [0.5, 0.6) is 0 Å². The Morgan fingerprint density at radius 1 is 1.50 bits per heavy atom. The molecule has 0 aromatic carbocycles. The number of nitrogens with one attached hydrogen (secondary N) is 1. The highest BCUT2D eigenvalue weighted by Gasteiger charge is 2.29. The molecule has 0 bridgehead atoms. The third kappa shape index (κ3) is 4.23. The van der Waals surface area contributed by atoms with E-state index in [0.717, 1.165) is 29.5 Å². The van der Waals surface area contributed by atoms with Crippen LogP contribution in [0.2, 0.25) is 0 Å². The fourth-order valence-electron chi connectivity index (χ4n) is 2.24. The molecule has 1 fully saturated rings. The molecule has 2 unspecified atom stereocenters. The Morgan fingerprint density at radius 3 is 2.83 bits per heavy atom. The Hall–Kier alpha value is -0.100. The fourth-order valence-corrected chi connectivity index (χ4v) is 3.72. The van der Waals surface area contributed by atoms with E-state index >= 15 is 0 Å². The number of thiophene rings is 1. The molecule has 2 rings (SSSR count). The molecular weight excluding hydrogens is 336 g/mol. The summed E-state index contributed by atoms with van der Waals surface area (Å²) < 4.78 is 1.14. The molecule has 2 atom stereocenters. The smallest absolute Gasteiger partial charge is 0.224 e. The van der Waals surface area contributed by atoms with Gasteiger partial charge in [0.15, 0.2) is 0 Å². The lowest BCUT2D eigenvalue weighted by atomic mass is 10.0. The zero-order valence-electron chi connectivity index (χ0n) is 10.0. The summed E-state index contributed by atoms with van der Waals surface area (Å²) in [5.74, 6) is 0.163. The van der Waals surface area contributed by atoms with Gasteiger partial charge in [-0.15, -0.1) is 23.7 Å². The van der Waals surface area contributed by atoms with E-state index in [0.29, 0.717) is 6.54 Å². The van der Waals surface area contributed by atoms with Crippen molar-refractivity contribution in [1.29, 1.82) is 0 Å². The number of nitrogens with two attached hydrogens (primary N) is 1. The summed E-state index contributed by atoms with van der Waals surface area (Å²) in [4.78, 5) is 13.1. The predicted octanol–water partition coefficient (Wildman–Crippen LogP) is 2.72. The van der Waals surface area contributed by atoms with E-state index in [1.54, 1.807) is 11.3 Å². The van der Waals surface area contributed by atoms with Gasteiger partial charge >= 0.3 is 0 Å². The van der Waals surface area contributed by atoms with Crippen molar-refractivity contribution in [3.63, 3.8) is 0 Å². The van der Waals surface area contributed by atoms with Crippen LogP contribution in [0.25, 0.3) is 0 Å². The van der Waals surface area contributed by atoms with Crippen molar-refractivity contribution < 1.29 is 4.79 Å². The zero-order chi connectivity index (χ0) is 12.3. The van der Waals surface area contributed by atoms with Gasteiger partial charge in [-0.1, -0.05) is 6.42 Å². The molecule has 1 amide bonds. The minimum atomic E-state index is 0. The maximum atomic E-state index is 11.9. The first-order valence-corrected chi connectivity index (χ1v) is 7.55. The minimum Gasteiger partial charge on any atom is -0.355 e. The number of hydrogen-bond donors (Lipinski definition) is 2. The number of rotatable bonds is 4. The lowest BCUT2D eigenvalue weighted by molar-refractivity contribution is -0.125. The second-order valence-electron chi connectivity index (χ2n) is 4.45. The van der Waals surface area contributed by atoms with Crippen LogP contribution in [-0.4, -0.2) is 18.5 Å². The van der Waals surface area contributed by atoms with Gasteiger partial charge in [-0.2, -0.15) is 0 Å². The zero-order valence-corrected chi connectivity index (χ0v) is 13.2. The van der Waals surface area contributed by atoms with Crippen molar-refractivity contribution in [3.8, 4) is 0 Å². The highest BCUT2D eigenvalue weighted by atomic mass is 79.9. The standard InChI is InChI=1S/C12H17BrN2OS.ClH/c13-11-5-4-8(17-11)6-7-15-12(16)9-2-1-3-10(9)14;/h4-5,9-10H,1-3,6-7,14H2,(H,15,16);1H. The van der Waals surface area contributed by atoms with Crippen molar-refractivity contribution in [3.05, 3.63) is 20.8 Å². The van der Waals surface area contributed by atoms with Crippen LogP contribution in [0, 0.1) is 5.92 Å². The second kappa shape index (κ2) is 7.48. The Morgan fingerprint density at radius 2 is 2.28 bits per heavy atom. The molecule has 6 heteroatoms. The largest absolute Gasteiger partial charge is 0.355 e. The van der Waals surface area contributed by atoms with Crippen LogP contribution >= 0.6 is 39.7 Å². The summed E-state index contributed by atoms with van der Waals surface area (Å²) in [5, 5.41) is 2.99. The minimum absolute atomic E-state index is 0. The number of carbonyl (C=O) groups excluding carboxylic acids is 1. The Kier molecular flexibility index (Phi) is 6.63. The lowest BCUT2D eigenvalue weighted by Crippen LogP contribution is -2.39. The van der Waals surface area contributed by atoms with Gasteiger partial charge in [-0.05, 0) is 47.3 Å². The van der Waals surface area contributed by atoms with Crippen LogP contribution in [0.1, 0.15) is 24.1 Å². The fraction of sp³-hybridized carbons (Fsp3) is 0.583. The monoisotopic (exact) mass is 352 g/mol. The normalized spacial score (nSPS) is 22.6. The SMILES string of the molecule is Cl.NC1CCCC1C(=O)NCCc1ccc(Br)s1. The molecule has 102 valence electrons. The highest BCUT2D eigenvalue weighted by molar-refractivity contribution is 9.11.